The normalized spacial score (nSPS) is 14.7. The third-order valence-corrected chi connectivity index (χ3v) is 9.79. The fourth-order valence-corrected chi connectivity index (χ4v) is 6.77. The molecular weight excluding hydrogens is 621 g/mol. The van der Waals surface area contributed by atoms with Crippen LogP contribution in [0.1, 0.15) is 56.7 Å². The van der Waals surface area contributed by atoms with E-state index in [4.69, 9.17) is 19.5 Å². The molecule has 0 aliphatic heterocycles. The van der Waals surface area contributed by atoms with Crippen molar-refractivity contribution in [3.05, 3.63) is 102 Å². The van der Waals surface area contributed by atoms with E-state index in [1.54, 1.807) is 68.4 Å². The summed E-state index contributed by atoms with van der Waals surface area (Å²) in [5.41, 5.74) is 8.82. The van der Waals surface area contributed by atoms with Crippen molar-refractivity contribution >= 4 is 31.1 Å². The smallest absolute Gasteiger partial charge is 0.408 e. The Morgan fingerprint density at radius 3 is 1.98 bits per heavy atom. The zero-order valence-corrected chi connectivity index (χ0v) is 28.2. The van der Waals surface area contributed by atoms with Gasteiger partial charge in [0.05, 0.1) is 37.4 Å². The average Bonchev–Trinajstić information content (AvgIpc) is 3.07. The van der Waals surface area contributed by atoms with E-state index < -0.39 is 49.5 Å². The number of anilines is 1. The lowest BCUT2D eigenvalue weighted by Crippen LogP contribution is -2.54. The first-order chi connectivity index (χ1) is 22.5. The highest BCUT2D eigenvalue weighted by molar-refractivity contribution is 7.53. The molecule has 0 aromatic heterocycles. The maximum atomic E-state index is 14.2. The molecule has 0 heterocycles. The van der Waals surface area contributed by atoms with Gasteiger partial charge < -0.3 is 35.3 Å². The van der Waals surface area contributed by atoms with Gasteiger partial charge in [-0.15, -0.1) is 0 Å². The van der Waals surface area contributed by atoms with E-state index in [2.05, 4.69) is 10.6 Å². The van der Waals surface area contributed by atoms with Crippen LogP contribution < -0.4 is 16.4 Å². The molecule has 3 rings (SSSR count). The molecule has 3 aromatic rings. The highest BCUT2D eigenvalue weighted by Gasteiger charge is 2.40. The minimum atomic E-state index is -3.32. The molecule has 0 fully saturated rings. The van der Waals surface area contributed by atoms with Gasteiger partial charge in [0, 0.05) is 5.69 Å². The number of ketones is 1. The van der Waals surface area contributed by atoms with Gasteiger partial charge in [-0.1, -0.05) is 93.1 Å². The highest BCUT2D eigenvalue weighted by Crippen LogP contribution is 2.51. The second kappa shape index (κ2) is 18.5. The summed E-state index contributed by atoms with van der Waals surface area (Å²) in [4.78, 5) is 40.2. The van der Waals surface area contributed by atoms with Crippen LogP contribution in [-0.2, 0) is 40.7 Å². The lowest BCUT2D eigenvalue weighted by atomic mass is 9.79. The van der Waals surface area contributed by atoms with Crippen molar-refractivity contribution in [3.8, 4) is 0 Å². The number of hydrogen-bond acceptors (Lipinski definition) is 9. The van der Waals surface area contributed by atoms with E-state index in [0.717, 1.165) is 5.56 Å². The molecular formula is C35H46N3O8P. The summed E-state index contributed by atoms with van der Waals surface area (Å²) >= 11 is 0. The van der Waals surface area contributed by atoms with Gasteiger partial charge in [0.1, 0.15) is 12.7 Å². The highest BCUT2D eigenvalue weighted by atomic mass is 31.2. The molecule has 0 aliphatic carbocycles. The zero-order valence-electron chi connectivity index (χ0n) is 27.3. The molecule has 0 radical (unpaired) electrons. The molecule has 5 atom stereocenters. The first-order valence-electron chi connectivity index (χ1n) is 15.8. The molecule has 0 saturated heterocycles. The Kier molecular flexibility index (Phi) is 14.8. The van der Waals surface area contributed by atoms with Crippen molar-refractivity contribution in [1.82, 2.24) is 5.32 Å². The number of amides is 2. The van der Waals surface area contributed by atoms with E-state index in [1.165, 1.54) is 0 Å². The Bertz CT molecular complexity index is 1460. The number of nitrogens with one attached hydrogen (secondary N) is 2. The van der Waals surface area contributed by atoms with Crippen LogP contribution in [0, 0.1) is 5.92 Å². The van der Waals surface area contributed by atoms with Crippen molar-refractivity contribution in [3.63, 3.8) is 0 Å². The monoisotopic (exact) mass is 667 g/mol. The number of aliphatic hydroxyl groups excluding tert-OH is 1. The molecule has 11 nitrogen and oxygen atoms in total. The minimum absolute atomic E-state index is 0.0218. The summed E-state index contributed by atoms with van der Waals surface area (Å²) in [7, 11) is -3.32. The van der Waals surface area contributed by atoms with Crippen LogP contribution in [-0.4, -0.2) is 54.3 Å². The Hall–Kier alpha value is -3.86. The van der Waals surface area contributed by atoms with Crippen LogP contribution in [0.3, 0.4) is 0 Å². The molecule has 3 aromatic carbocycles. The first-order valence-corrected chi connectivity index (χ1v) is 17.5. The van der Waals surface area contributed by atoms with E-state index in [-0.39, 0.29) is 31.9 Å². The number of hydrogen-bond donors (Lipinski definition) is 4. The summed E-state index contributed by atoms with van der Waals surface area (Å²) < 4.78 is 29.0. The Balaban J connectivity index is 1.77. The minimum Gasteiger partial charge on any atom is -0.445 e. The van der Waals surface area contributed by atoms with Crippen molar-refractivity contribution in [2.75, 3.05) is 18.5 Å². The van der Waals surface area contributed by atoms with Crippen LogP contribution in [0.4, 0.5) is 10.5 Å². The molecule has 0 aliphatic rings. The number of rotatable bonds is 18. The molecule has 0 spiro atoms. The maximum absolute atomic E-state index is 14.2. The number of aliphatic hydroxyl groups is 1. The number of carbonyl (C=O) groups is 3. The Morgan fingerprint density at radius 1 is 0.851 bits per heavy atom. The number of nitrogens with two attached hydrogens (primary N) is 1. The Morgan fingerprint density at radius 2 is 1.43 bits per heavy atom. The molecule has 47 heavy (non-hydrogen) atoms. The van der Waals surface area contributed by atoms with Gasteiger partial charge in [0.15, 0.2) is 5.78 Å². The average molecular weight is 668 g/mol. The molecule has 2 amide bonds. The van der Waals surface area contributed by atoms with Crippen molar-refractivity contribution < 1.29 is 37.8 Å². The number of Topliss-reactive ketones (excluding diaryl/α,β-unsaturated/α-hetero) is 1. The lowest BCUT2D eigenvalue weighted by molar-refractivity contribution is -0.128. The van der Waals surface area contributed by atoms with E-state index in [9.17, 15) is 24.1 Å². The van der Waals surface area contributed by atoms with Gasteiger partial charge in [-0.25, -0.2) is 4.79 Å². The third-order valence-electron chi connectivity index (χ3n) is 7.74. The topological polar surface area (TPSA) is 166 Å². The van der Waals surface area contributed by atoms with E-state index in [1.807, 2.05) is 44.2 Å². The van der Waals surface area contributed by atoms with Crippen molar-refractivity contribution in [1.29, 1.82) is 0 Å². The summed E-state index contributed by atoms with van der Waals surface area (Å²) in [6.45, 7) is 7.68. The summed E-state index contributed by atoms with van der Waals surface area (Å²) in [5, 5.41) is 16.5. The number of ether oxygens (including phenoxy) is 1. The maximum Gasteiger partial charge on any atom is 0.408 e. The predicted octanol–water partition coefficient (Wildman–Crippen LogP) is 5.77. The molecule has 254 valence electrons. The third kappa shape index (κ3) is 11.1. The van der Waals surface area contributed by atoms with Gasteiger partial charge in [-0.05, 0) is 48.6 Å². The van der Waals surface area contributed by atoms with E-state index in [0.29, 0.717) is 23.2 Å². The standard InChI is InChI=1S/C35H46N3O8P/c1-5-24(4)31(38-35(42)44-22-25-14-10-8-11-15-25)32(39)29(27-16-12-9-13-17-27)30(36)33(40)34(41)37-28-20-18-26(19-21-28)23-47(43,45-6-2)46-7-3/h8-21,24,29-31,33,40H,5-7,22-23,36H2,1-4H3,(H,37,41)(H,38,42)/t24-,29?,30-,31-,33+/m0/s1. The van der Waals surface area contributed by atoms with Crippen LogP contribution in [0.2, 0.25) is 0 Å². The van der Waals surface area contributed by atoms with Gasteiger partial charge in [0.2, 0.25) is 0 Å². The second-order valence-electron chi connectivity index (χ2n) is 11.2. The summed E-state index contributed by atoms with van der Waals surface area (Å²) in [6.07, 6.45) is -1.95. The SMILES string of the molecule is CCOP(=O)(Cc1ccc(NC(=O)[C@H](O)[C@@H](N)C(C(=O)[C@@H](NC(=O)OCc2ccccc2)[C@@H](C)CC)c2ccccc2)cc1)OCC. The van der Waals surface area contributed by atoms with Crippen LogP contribution in [0.15, 0.2) is 84.9 Å². The zero-order chi connectivity index (χ0) is 34.4. The molecule has 12 heteroatoms. The number of benzene rings is 3. The van der Waals surface area contributed by atoms with Crippen LogP contribution in [0.5, 0.6) is 0 Å². The van der Waals surface area contributed by atoms with Crippen LogP contribution in [0.25, 0.3) is 0 Å². The van der Waals surface area contributed by atoms with Gasteiger partial charge in [-0.2, -0.15) is 0 Å². The largest absolute Gasteiger partial charge is 0.445 e. The molecule has 5 N–H and O–H groups in total. The summed E-state index contributed by atoms with van der Waals surface area (Å²) in [6, 6.07) is 21.9. The first kappa shape index (κ1) is 37.6. The molecule has 0 bridgehead atoms. The fraction of sp³-hybridized carbons (Fsp3) is 0.400. The van der Waals surface area contributed by atoms with Crippen molar-refractivity contribution in [2.24, 2.45) is 11.7 Å². The van der Waals surface area contributed by atoms with Gasteiger partial charge in [-0.3, -0.25) is 14.2 Å². The quantitative estimate of drug-likeness (QED) is 0.123. The second-order valence-corrected chi connectivity index (χ2v) is 13.2. The van der Waals surface area contributed by atoms with E-state index >= 15 is 0 Å². The van der Waals surface area contributed by atoms with Crippen LogP contribution >= 0.6 is 7.60 Å². The Labute approximate surface area is 276 Å². The number of carbonyl (C=O) groups excluding carboxylic acids is 3. The van der Waals surface area contributed by atoms with Crippen molar-refractivity contribution in [2.45, 2.75) is 71.0 Å². The fourth-order valence-electron chi connectivity index (χ4n) is 5.06. The lowest BCUT2D eigenvalue weighted by Gasteiger charge is -2.32. The predicted molar refractivity (Wildman–Crippen MR) is 181 cm³/mol. The number of alkyl carbamates (subject to hydrolysis) is 1. The summed E-state index contributed by atoms with van der Waals surface area (Å²) in [5.74, 6) is -2.72. The van der Waals surface area contributed by atoms with Gasteiger partial charge >= 0.3 is 13.7 Å². The molecule has 0 saturated carbocycles. The molecule has 1 unspecified atom stereocenters. The van der Waals surface area contributed by atoms with Gasteiger partial charge in [0.25, 0.3) is 5.91 Å².